The molecule has 2 N–H and O–H groups in total. The molecule has 1 aromatic carbocycles. The molecular weight excluding hydrogens is 349 g/mol. The van der Waals surface area contributed by atoms with Gasteiger partial charge in [0.1, 0.15) is 11.8 Å². The normalized spacial score (nSPS) is 12.6. The fourth-order valence-electron chi connectivity index (χ4n) is 2.47. The van der Waals surface area contributed by atoms with Gasteiger partial charge >= 0.3 is 12.2 Å². The Balaban J connectivity index is 1.69. The Bertz CT molecular complexity index is 811. The van der Waals surface area contributed by atoms with Crippen LogP contribution in [0.2, 0.25) is 0 Å². The maximum Gasteiger partial charge on any atom is 0.418 e. The van der Waals surface area contributed by atoms with Gasteiger partial charge in [-0.3, -0.25) is 4.68 Å². The van der Waals surface area contributed by atoms with E-state index in [4.69, 9.17) is 4.42 Å². The number of aromatic nitrogens is 2. The Morgan fingerprint density at radius 2 is 2.00 bits per heavy atom. The number of amides is 2. The second kappa shape index (κ2) is 7.34. The first-order valence-corrected chi connectivity index (χ1v) is 7.69. The van der Waals surface area contributed by atoms with Crippen molar-refractivity contribution in [2.45, 2.75) is 12.2 Å². The molecule has 0 aliphatic carbocycles. The van der Waals surface area contributed by atoms with Gasteiger partial charge in [0, 0.05) is 18.9 Å². The first kappa shape index (κ1) is 17.6. The standard InChI is InChI=1S/C17H15F3N4O2/c18-17(19,20)12-5-1-2-6-13(12)23-16(25)21-11-14(15-7-3-10-26-15)24-9-4-8-22-24/h1-10,14H,11H2,(H2,21,23,25)/t14-/m1/s1. The molecule has 0 aliphatic heterocycles. The van der Waals surface area contributed by atoms with Crippen LogP contribution in [0.25, 0.3) is 0 Å². The Kier molecular flexibility index (Phi) is 4.97. The van der Waals surface area contributed by atoms with Gasteiger partial charge in [0.25, 0.3) is 0 Å². The fourth-order valence-corrected chi connectivity index (χ4v) is 2.47. The van der Waals surface area contributed by atoms with Gasteiger partial charge in [-0.25, -0.2) is 4.79 Å². The first-order valence-electron chi connectivity index (χ1n) is 7.69. The van der Waals surface area contributed by atoms with E-state index in [-0.39, 0.29) is 12.2 Å². The molecule has 0 unspecified atom stereocenters. The number of nitrogens with one attached hydrogen (secondary N) is 2. The third-order valence-corrected chi connectivity index (χ3v) is 3.65. The third-order valence-electron chi connectivity index (χ3n) is 3.65. The summed E-state index contributed by atoms with van der Waals surface area (Å²) in [6.07, 6.45) is 0.211. The molecule has 0 aliphatic rings. The molecule has 1 atom stereocenters. The highest BCUT2D eigenvalue weighted by molar-refractivity contribution is 5.90. The Morgan fingerprint density at radius 3 is 2.65 bits per heavy atom. The van der Waals surface area contributed by atoms with Crippen molar-refractivity contribution in [2.75, 3.05) is 11.9 Å². The summed E-state index contributed by atoms with van der Waals surface area (Å²) in [4.78, 5) is 12.1. The average molecular weight is 364 g/mol. The molecule has 2 heterocycles. The van der Waals surface area contributed by atoms with Crippen LogP contribution in [0, 0.1) is 0 Å². The predicted octanol–water partition coefficient (Wildman–Crippen LogP) is 3.91. The number of nitrogens with zero attached hydrogens (tertiary/aromatic N) is 2. The lowest BCUT2D eigenvalue weighted by Gasteiger charge is -2.17. The highest BCUT2D eigenvalue weighted by Gasteiger charge is 2.33. The zero-order valence-corrected chi connectivity index (χ0v) is 13.4. The van der Waals surface area contributed by atoms with Gasteiger partial charge in [-0.05, 0) is 30.3 Å². The van der Waals surface area contributed by atoms with Crippen LogP contribution >= 0.6 is 0 Å². The summed E-state index contributed by atoms with van der Waals surface area (Å²) in [5.74, 6) is 0.560. The van der Waals surface area contributed by atoms with Gasteiger partial charge < -0.3 is 15.1 Å². The molecule has 3 rings (SSSR count). The topological polar surface area (TPSA) is 72.1 Å². The molecular formula is C17H15F3N4O2. The zero-order chi connectivity index (χ0) is 18.6. The molecule has 0 saturated heterocycles. The minimum Gasteiger partial charge on any atom is -0.467 e. The van der Waals surface area contributed by atoms with E-state index in [1.54, 1.807) is 35.3 Å². The fraction of sp³-hybridized carbons (Fsp3) is 0.176. The van der Waals surface area contributed by atoms with Crippen molar-refractivity contribution < 1.29 is 22.4 Å². The number of para-hydroxylation sites is 1. The molecule has 3 aromatic rings. The number of furan rings is 1. The van der Waals surface area contributed by atoms with Crippen molar-refractivity contribution >= 4 is 11.7 Å². The lowest BCUT2D eigenvalue weighted by atomic mass is 10.1. The van der Waals surface area contributed by atoms with E-state index in [0.717, 1.165) is 6.07 Å². The van der Waals surface area contributed by atoms with Crippen molar-refractivity contribution in [3.8, 4) is 0 Å². The summed E-state index contributed by atoms with van der Waals surface area (Å²) in [5.41, 5.74) is -1.23. The summed E-state index contributed by atoms with van der Waals surface area (Å²) in [7, 11) is 0. The van der Waals surface area contributed by atoms with Gasteiger partial charge in [0.2, 0.25) is 0 Å². The highest BCUT2D eigenvalue weighted by Crippen LogP contribution is 2.34. The van der Waals surface area contributed by atoms with Crippen LogP contribution in [0.1, 0.15) is 17.4 Å². The molecule has 0 radical (unpaired) electrons. The second-order valence-electron chi connectivity index (χ2n) is 5.40. The third kappa shape index (κ3) is 4.05. The predicted molar refractivity (Wildman–Crippen MR) is 87.5 cm³/mol. The zero-order valence-electron chi connectivity index (χ0n) is 13.4. The number of carbonyl (C=O) groups excluding carboxylic acids is 1. The van der Waals surface area contributed by atoms with E-state index in [1.807, 2.05) is 0 Å². The minimum atomic E-state index is -4.56. The maximum atomic E-state index is 13.0. The van der Waals surface area contributed by atoms with Crippen molar-refractivity contribution in [1.29, 1.82) is 0 Å². The van der Waals surface area contributed by atoms with E-state index >= 15 is 0 Å². The van der Waals surface area contributed by atoms with Crippen molar-refractivity contribution in [1.82, 2.24) is 15.1 Å². The Hall–Kier alpha value is -3.23. The Morgan fingerprint density at radius 1 is 1.19 bits per heavy atom. The number of halogens is 3. The van der Waals surface area contributed by atoms with Crippen molar-refractivity contribution in [2.24, 2.45) is 0 Å². The number of hydrogen-bond acceptors (Lipinski definition) is 3. The molecule has 26 heavy (non-hydrogen) atoms. The molecule has 0 spiro atoms. The summed E-state index contributed by atoms with van der Waals surface area (Å²) in [6, 6.07) is 8.74. The SMILES string of the molecule is O=C(NC[C@H](c1ccco1)n1cccn1)Nc1ccccc1C(F)(F)F. The van der Waals surface area contributed by atoms with E-state index in [1.165, 1.54) is 24.5 Å². The highest BCUT2D eigenvalue weighted by atomic mass is 19.4. The number of alkyl halides is 3. The summed E-state index contributed by atoms with van der Waals surface area (Å²) < 4.78 is 45.9. The molecule has 9 heteroatoms. The molecule has 136 valence electrons. The van der Waals surface area contributed by atoms with Gasteiger partial charge in [0.05, 0.1) is 17.5 Å². The summed E-state index contributed by atoms with van der Waals surface area (Å²) in [6.45, 7) is 0.0786. The van der Waals surface area contributed by atoms with Gasteiger partial charge in [-0.1, -0.05) is 12.1 Å². The van der Waals surface area contributed by atoms with E-state index in [0.29, 0.717) is 5.76 Å². The number of rotatable bonds is 5. The van der Waals surface area contributed by atoms with Crippen molar-refractivity contribution in [3.63, 3.8) is 0 Å². The van der Waals surface area contributed by atoms with E-state index < -0.39 is 23.8 Å². The van der Waals surface area contributed by atoms with Crippen LogP contribution in [0.5, 0.6) is 0 Å². The van der Waals surface area contributed by atoms with Crippen LogP contribution in [-0.4, -0.2) is 22.4 Å². The van der Waals surface area contributed by atoms with Gasteiger partial charge in [0.15, 0.2) is 0 Å². The molecule has 0 saturated carbocycles. The summed E-state index contributed by atoms with van der Waals surface area (Å²) in [5, 5.41) is 8.90. The largest absolute Gasteiger partial charge is 0.467 e. The maximum absolute atomic E-state index is 13.0. The van der Waals surface area contributed by atoms with Crippen LogP contribution < -0.4 is 10.6 Å². The van der Waals surface area contributed by atoms with Crippen molar-refractivity contribution in [3.05, 3.63) is 72.4 Å². The quantitative estimate of drug-likeness (QED) is 0.721. The first-order chi connectivity index (χ1) is 12.4. The van der Waals surface area contributed by atoms with E-state index in [2.05, 4.69) is 15.7 Å². The Labute approximate surface area is 146 Å². The molecule has 0 bridgehead atoms. The molecule has 0 fully saturated rings. The van der Waals surface area contributed by atoms with Crippen LogP contribution in [0.4, 0.5) is 23.7 Å². The molecule has 2 amide bonds. The smallest absolute Gasteiger partial charge is 0.418 e. The average Bonchev–Trinajstić information content (AvgIpc) is 3.28. The van der Waals surface area contributed by atoms with Crippen LogP contribution in [-0.2, 0) is 6.18 Å². The van der Waals surface area contributed by atoms with Gasteiger partial charge in [-0.15, -0.1) is 0 Å². The lowest BCUT2D eigenvalue weighted by Crippen LogP contribution is -2.35. The number of urea groups is 1. The monoisotopic (exact) mass is 364 g/mol. The summed E-state index contributed by atoms with van der Waals surface area (Å²) >= 11 is 0. The van der Waals surface area contributed by atoms with Gasteiger partial charge in [-0.2, -0.15) is 18.3 Å². The second-order valence-corrected chi connectivity index (χ2v) is 5.40. The molecule has 2 aromatic heterocycles. The minimum absolute atomic E-state index is 0.0786. The number of benzene rings is 1. The number of carbonyl (C=O) groups is 1. The van der Waals surface area contributed by atoms with Crippen LogP contribution in [0.3, 0.4) is 0 Å². The molecule has 6 nitrogen and oxygen atoms in total. The lowest BCUT2D eigenvalue weighted by molar-refractivity contribution is -0.136. The number of hydrogen-bond donors (Lipinski definition) is 2. The van der Waals surface area contributed by atoms with Crippen LogP contribution in [0.15, 0.2) is 65.5 Å². The van der Waals surface area contributed by atoms with E-state index in [9.17, 15) is 18.0 Å². The number of anilines is 1.